The van der Waals surface area contributed by atoms with Crippen LogP contribution in [0.15, 0.2) is 0 Å². The van der Waals surface area contributed by atoms with E-state index in [1.54, 1.807) is 7.05 Å². The first-order chi connectivity index (χ1) is 8.85. The lowest BCUT2D eigenvalue weighted by molar-refractivity contribution is -0.137. The van der Waals surface area contributed by atoms with Crippen LogP contribution in [0.4, 0.5) is 0 Å². The molecule has 1 aliphatic rings. The maximum absolute atomic E-state index is 12.3. The lowest BCUT2D eigenvalue weighted by atomic mass is 10.1. The highest BCUT2D eigenvalue weighted by Crippen LogP contribution is 2.23. The molecule has 0 heterocycles. The van der Waals surface area contributed by atoms with Crippen LogP contribution in [0.2, 0.25) is 0 Å². The molecule has 1 aliphatic carbocycles. The monoisotopic (exact) mass is 292 g/mol. The second-order valence-corrected chi connectivity index (χ2v) is 7.23. The summed E-state index contributed by atoms with van der Waals surface area (Å²) in [4.78, 5) is 10.5. The van der Waals surface area contributed by atoms with Crippen LogP contribution in [0.5, 0.6) is 0 Å². The van der Waals surface area contributed by atoms with Gasteiger partial charge in [-0.05, 0) is 12.8 Å². The molecule has 1 rings (SSSR count). The molecule has 0 amide bonds. The van der Waals surface area contributed by atoms with Gasteiger partial charge in [0.25, 0.3) is 10.2 Å². The first kappa shape index (κ1) is 16.4. The van der Waals surface area contributed by atoms with Crippen molar-refractivity contribution in [2.24, 2.45) is 0 Å². The molecular formula is C12H24N2O4S. The first-order valence-corrected chi connectivity index (χ1v) is 8.16. The average Bonchev–Trinajstić information content (AvgIpc) is 2.63. The van der Waals surface area contributed by atoms with Gasteiger partial charge in [0, 0.05) is 26.7 Å². The standard InChI is InChI=1S/C12H24N2O4S/c1-13(10-9-12(15)16)19(17,18)14(2)11-7-5-3-4-6-8-11/h11H,3-10H2,1-2H3,(H,15,16). The summed E-state index contributed by atoms with van der Waals surface area (Å²) in [5.41, 5.74) is 0. The van der Waals surface area contributed by atoms with Crippen molar-refractivity contribution in [1.29, 1.82) is 0 Å². The zero-order chi connectivity index (χ0) is 14.5. The van der Waals surface area contributed by atoms with Crippen LogP contribution < -0.4 is 0 Å². The van der Waals surface area contributed by atoms with Gasteiger partial charge in [-0.25, -0.2) is 0 Å². The Hall–Kier alpha value is -0.660. The van der Waals surface area contributed by atoms with Gasteiger partial charge < -0.3 is 5.11 Å². The van der Waals surface area contributed by atoms with E-state index < -0.39 is 16.2 Å². The van der Waals surface area contributed by atoms with E-state index in [9.17, 15) is 13.2 Å². The zero-order valence-corrected chi connectivity index (χ0v) is 12.5. The molecule has 0 atom stereocenters. The van der Waals surface area contributed by atoms with Crippen LogP contribution in [-0.2, 0) is 15.0 Å². The number of nitrogens with zero attached hydrogens (tertiary/aromatic N) is 2. The molecule has 0 saturated heterocycles. The van der Waals surface area contributed by atoms with Crippen molar-refractivity contribution >= 4 is 16.2 Å². The molecule has 1 N–H and O–H groups in total. The van der Waals surface area contributed by atoms with Crippen molar-refractivity contribution in [1.82, 2.24) is 8.61 Å². The lowest BCUT2D eigenvalue weighted by Crippen LogP contribution is -2.45. The van der Waals surface area contributed by atoms with Gasteiger partial charge in [-0.1, -0.05) is 25.7 Å². The number of carbonyl (C=O) groups is 1. The zero-order valence-electron chi connectivity index (χ0n) is 11.7. The smallest absolute Gasteiger partial charge is 0.304 e. The van der Waals surface area contributed by atoms with Crippen molar-refractivity contribution in [3.63, 3.8) is 0 Å². The van der Waals surface area contributed by atoms with Gasteiger partial charge in [-0.15, -0.1) is 0 Å². The van der Waals surface area contributed by atoms with Crippen molar-refractivity contribution in [2.45, 2.75) is 51.0 Å². The summed E-state index contributed by atoms with van der Waals surface area (Å²) in [6.07, 6.45) is 6.06. The van der Waals surface area contributed by atoms with Crippen LogP contribution in [0.3, 0.4) is 0 Å². The Morgan fingerprint density at radius 2 is 1.68 bits per heavy atom. The van der Waals surface area contributed by atoms with Gasteiger partial charge in [0.05, 0.1) is 6.42 Å². The molecule has 0 unspecified atom stereocenters. The fourth-order valence-corrected chi connectivity index (χ4v) is 3.75. The van der Waals surface area contributed by atoms with Crippen LogP contribution >= 0.6 is 0 Å². The number of carboxylic acid groups (broad SMARTS) is 1. The molecule has 7 heteroatoms. The maximum Gasteiger partial charge on any atom is 0.304 e. The van der Waals surface area contributed by atoms with E-state index in [1.807, 2.05) is 0 Å². The van der Waals surface area contributed by atoms with E-state index >= 15 is 0 Å². The van der Waals surface area contributed by atoms with E-state index in [0.29, 0.717) is 0 Å². The Labute approximate surface area is 115 Å². The normalized spacial score (nSPS) is 18.7. The minimum absolute atomic E-state index is 0.00866. The molecule has 0 aromatic heterocycles. The average molecular weight is 292 g/mol. The van der Waals surface area contributed by atoms with Crippen LogP contribution in [0.1, 0.15) is 44.9 Å². The summed E-state index contributed by atoms with van der Waals surface area (Å²) in [6, 6.07) is 0.0415. The van der Waals surface area contributed by atoms with Crippen molar-refractivity contribution < 1.29 is 18.3 Å². The minimum atomic E-state index is -3.55. The first-order valence-electron chi connectivity index (χ1n) is 6.77. The number of hydrogen-bond donors (Lipinski definition) is 1. The summed E-state index contributed by atoms with van der Waals surface area (Å²) in [5, 5.41) is 8.62. The number of carboxylic acids is 1. The van der Waals surface area contributed by atoms with Gasteiger partial charge >= 0.3 is 5.97 Å². The highest BCUT2D eigenvalue weighted by molar-refractivity contribution is 7.86. The Morgan fingerprint density at radius 1 is 1.16 bits per heavy atom. The largest absolute Gasteiger partial charge is 0.481 e. The maximum atomic E-state index is 12.3. The van der Waals surface area contributed by atoms with E-state index in [-0.39, 0.29) is 19.0 Å². The van der Waals surface area contributed by atoms with E-state index in [1.165, 1.54) is 24.2 Å². The molecule has 0 spiro atoms. The van der Waals surface area contributed by atoms with Gasteiger partial charge in [0.1, 0.15) is 0 Å². The third kappa shape index (κ3) is 4.74. The molecule has 0 aromatic rings. The Balaban J connectivity index is 2.65. The molecule has 112 valence electrons. The van der Waals surface area contributed by atoms with E-state index in [2.05, 4.69) is 0 Å². The van der Waals surface area contributed by atoms with Crippen molar-refractivity contribution in [2.75, 3.05) is 20.6 Å². The minimum Gasteiger partial charge on any atom is -0.481 e. The Kier molecular flexibility index (Phi) is 6.22. The summed E-state index contributed by atoms with van der Waals surface area (Å²) in [7, 11) is -0.511. The van der Waals surface area contributed by atoms with Gasteiger partial charge in [-0.3, -0.25) is 4.79 Å². The van der Waals surface area contributed by atoms with Gasteiger partial charge in [-0.2, -0.15) is 17.0 Å². The van der Waals surface area contributed by atoms with Crippen LogP contribution in [0.25, 0.3) is 0 Å². The quantitative estimate of drug-likeness (QED) is 0.748. The number of aliphatic carboxylic acids is 1. The lowest BCUT2D eigenvalue weighted by Gasteiger charge is -2.30. The second kappa shape index (κ2) is 7.21. The fourth-order valence-electron chi connectivity index (χ4n) is 2.40. The van der Waals surface area contributed by atoms with Crippen molar-refractivity contribution in [3.8, 4) is 0 Å². The molecule has 1 saturated carbocycles. The van der Waals surface area contributed by atoms with Gasteiger partial charge in [0.2, 0.25) is 0 Å². The molecule has 6 nitrogen and oxygen atoms in total. The third-order valence-corrected chi connectivity index (χ3v) is 5.73. The number of hydrogen-bond acceptors (Lipinski definition) is 3. The van der Waals surface area contributed by atoms with E-state index in [4.69, 9.17) is 5.11 Å². The van der Waals surface area contributed by atoms with Crippen LogP contribution in [-0.4, -0.2) is 54.8 Å². The topological polar surface area (TPSA) is 77.9 Å². The number of rotatable bonds is 6. The molecule has 0 aliphatic heterocycles. The van der Waals surface area contributed by atoms with Gasteiger partial charge in [0.15, 0.2) is 0 Å². The SMILES string of the molecule is CN(CCC(=O)O)S(=O)(=O)N(C)C1CCCCCC1. The summed E-state index contributed by atoms with van der Waals surface area (Å²) < 4.78 is 27.2. The second-order valence-electron chi connectivity index (χ2n) is 5.13. The molecule has 0 aromatic carbocycles. The molecule has 0 radical (unpaired) electrons. The highest BCUT2D eigenvalue weighted by Gasteiger charge is 2.30. The van der Waals surface area contributed by atoms with Crippen molar-refractivity contribution in [3.05, 3.63) is 0 Å². The van der Waals surface area contributed by atoms with E-state index in [0.717, 1.165) is 30.0 Å². The summed E-state index contributed by atoms with van der Waals surface area (Å²) >= 11 is 0. The Morgan fingerprint density at radius 3 is 2.16 bits per heavy atom. The van der Waals surface area contributed by atoms with Crippen LogP contribution in [0, 0.1) is 0 Å². The molecular weight excluding hydrogens is 268 g/mol. The highest BCUT2D eigenvalue weighted by atomic mass is 32.2. The Bertz CT molecular complexity index is 389. The molecule has 1 fully saturated rings. The molecule has 0 bridgehead atoms. The molecule has 19 heavy (non-hydrogen) atoms. The fraction of sp³-hybridized carbons (Fsp3) is 0.917. The third-order valence-electron chi connectivity index (χ3n) is 3.74. The summed E-state index contributed by atoms with van der Waals surface area (Å²) in [5.74, 6) is -0.987. The predicted molar refractivity (Wildman–Crippen MR) is 73.1 cm³/mol. The predicted octanol–water partition coefficient (Wildman–Crippen LogP) is 1.29. The summed E-state index contributed by atoms with van der Waals surface area (Å²) in [6.45, 7) is 0.00866.